The molecule has 2 amide bonds. The van der Waals surface area contributed by atoms with Crippen LogP contribution in [0.4, 0.5) is 16.2 Å². The van der Waals surface area contributed by atoms with Crippen molar-refractivity contribution in [2.75, 3.05) is 18.9 Å². The minimum atomic E-state index is -0.741. The van der Waals surface area contributed by atoms with Crippen LogP contribution in [-0.4, -0.2) is 48.0 Å². The molecule has 0 bridgehead atoms. The predicted molar refractivity (Wildman–Crippen MR) is 137 cm³/mol. The van der Waals surface area contributed by atoms with Crippen LogP contribution in [0.3, 0.4) is 0 Å². The van der Waals surface area contributed by atoms with E-state index in [-0.39, 0.29) is 12.3 Å². The maximum atomic E-state index is 12.8. The topological polar surface area (TPSA) is 109 Å². The van der Waals surface area contributed by atoms with Crippen molar-refractivity contribution < 1.29 is 14.3 Å². The summed E-state index contributed by atoms with van der Waals surface area (Å²) in [6.07, 6.45) is 1.06. The second-order valence-corrected chi connectivity index (χ2v) is 8.56. The summed E-state index contributed by atoms with van der Waals surface area (Å²) in [6.45, 7) is 7.56. The van der Waals surface area contributed by atoms with Gasteiger partial charge in [0, 0.05) is 37.5 Å². The minimum absolute atomic E-state index is 0.237. The number of hydrogen-bond acceptors (Lipinski definition) is 6. The first kappa shape index (κ1) is 26.4. The molecule has 8 heteroatoms. The third kappa shape index (κ3) is 7.95. The summed E-state index contributed by atoms with van der Waals surface area (Å²) in [5.41, 5.74) is 7.72. The average Bonchev–Trinajstić information content (AvgIpc) is 2.81. The highest BCUT2D eigenvalue weighted by Gasteiger charge is 2.37. The third-order valence-electron chi connectivity index (χ3n) is 4.79. The van der Waals surface area contributed by atoms with Crippen LogP contribution in [0.2, 0.25) is 0 Å². The number of ether oxygens (including phenoxy) is 1. The maximum Gasteiger partial charge on any atom is 0.408 e. The summed E-state index contributed by atoms with van der Waals surface area (Å²) in [7, 11) is 1.91. The highest BCUT2D eigenvalue weighted by molar-refractivity contribution is 6.13. The number of rotatable bonds is 4. The molecule has 0 aromatic heterocycles. The summed E-state index contributed by atoms with van der Waals surface area (Å²) >= 11 is 0. The summed E-state index contributed by atoms with van der Waals surface area (Å²) in [4.78, 5) is 31.0. The number of anilines is 1. The number of aliphatic imine (C=N–C) groups is 1. The van der Waals surface area contributed by atoms with E-state index in [1.165, 1.54) is 11.1 Å². The molecule has 0 saturated carbocycles. The number of nitrogens with zero attached hydrogens (tertiary/aromatic N) is 2. The predicted octanol–water partition coefficient (Wildman–Crippen LogP) is 4.43. The molecule has 3 rings (SSSR count). The Balaban J connectivity index is 0.000000430. The summed E-state index contributed by atoms with van der Waals surface area (Å²) < 4.78 is 5.25. The maximum absolute atomic E-state index is 12.8. The highest BCUT2D eigenvalue weighted by Crippen LogP contribution is 2.23. The van der Waals surface area contributed by atoms with Gasteiger partial charge < -0.3 is 21.1 Å². The second kappa shape index (κ2) is 12.4. The molecule has 1 unspecified atom stereocenters. The van der Waals surface area contributed by atoms with Gasteiger partial charge in [0.25, 0.3) is 5.91 Å². The van der Waals surface area contributed by atoms with Gasteiger partial charge in [0.05, 0.1) is 5.69 Å². The molecule has 0 spiro atoms. The second-order valence-electron chi connectivity index (χ2n) is 8.56. The van der Waals surface area contributed by atoms with Crippen molar-refractivity contribution in [1.82, 2.24) is 10.2 Å². The van der Waals surface area contributed by atoms with Crippen LogP contribution in [-0.2, 0) is 9.53 Å². The van der Waals surface area contributed by atoms with E-state index >= 15 is 0 Å². The van der Waals surface area contributed by atoms with Crippen LogP contribution in [0.1, 0.15) is 34.1 Å². The first-order valence-electron chi connectivity index (χ1n) is 11.3. The van der Waals surface area contributed by atoms with Crippen molar-refractivity contribution >= 4 is 29.2 Å². The van der Waals surface area contributed by atoms with Crippen LogP contribution < -0.4 is 16.4 Å². The number of carbonyl (C=O) groups is 2. The van der Waals surface area contributed by atoms with Crippen molar-refractivity contribution in [2.24, 2.45) is 10.7 Å². The largest absolute Gasteiger partial charge is 0.444 e. The lowest BCUT2D eigenvalue weighted by Crippen LogP contribution is -2.55. The zero-order valence-corrected chi connectivity index (χ0v) is 20.5. The molecule has 1 fully saturated rings. The molecule has 2 aromatic rings. The zero-order chi connectivity index (χ0) is 25.1. The van der Waals surface area contributed by atoms with Gasteiger partial charge in [0.15, 0.2) is 0 Å². The number of nitrogens with two attached hydrogens (primary N) is 1. The van der Waals surface area contributed by atoms with Gasteiger partial charge in [-0.1, -0.05) is 36.4 Å². The van der Waals surface area contributed by atoms with Crippen molar-refractivity contribution in [3.05, 3.63) is 72.4 Å². The van der Waals surface area contributed by atoms with Crippen molar-refractivity contribution in [3.63, 3.8) is 0 Å². The molecule has 182 valence electrons. The SMILES string of the molecule is CCN1C(=O)C(NC(=O)OC(C)(C)C)C/C(=C/N)C1=Nc1ccccc1.CNc1ccccc1. The van der Waals surface area contributed by atoms with Gasteiger partial charge in [-0.15, -0.1) is 0 Å². The van der Waals surface area contributed by atoms with Crippen molar-refractivity contribution in [1.29, 1.82) is 0 Å². The Labute approximate surface area is 201 Å². The molecule has 8 nitrogen and oxygen atoms in total. The van der Waals surface area contributed by atoms with Crippen molar-refractivity contribution in [3.8, 4) is 0 Å². The molecule has 34 heavy (non-hydrogen) atoms. The van der Waals surface area contributed by atoms with Gasteiger partial charge in [-0.2, -0.15) is 0 Å². The third-order valence-corrected chi connectivity index (χ3v) is 4.79. The zero-order valence-electron chi connectivity index (χ0n) is 20.5. The van der Waals surface area contributed by atoms with Crippen LogP contribution >= 0.6 is 0 Å². The number of hydrogen-bond donors (Lipinski definition) is 3. The van der Waals surface area contributed by atoms with Gasteiger partial charge >= 0.3 is 6.09 Å². The van der Waals surface area contributed by atoms with Gasteiger partial charge in [-0.25, -0.2) is 9.79 Å². The molecular formula is C26H35N5O3. The Hall–Kier alpha value is -3.81. The Morgan fingerprint density at radius 1 is 1.15 bits per heavy atom. The van der Waals surface area contributed by atoms with Crippen LogP contribution in [0.5, 0.6) is 0 Å². The fourth-order valence-corrected chi connectivity index (χ4v) is 3.24. The normalized spacial score (nSPS) is 18.2. The van der Waals surface area contributed by atoms with Crippen LogP contribution in [0.25, 0.3) is 0 Å². The molecular weight excluding hydrogens is 430 g/mol. The quantitative estimate of drug-likeness (QED) is 0.619. The average molecular weight is 466 g/mol. The molecule has 1 heterocycles. The van der Waals surface area contributed by atoms with E-state index in [2.05, 4.69) is 15.6 Å². The lowest BCUT2D eigenvalue weighted by molar-refractivity contribution is -0.130. The van der Waals surface area contributed by atoms with E-state index in [1.54, 1.807) is 20.8 Å². The number of alkyl carbamates (subject to hydrolysis) is 1. The molecule has 1 aliphatic heterocycles. The first-order valence-corrected chi connectivity index (χ1v) is 11.3. The Bertz CT molecular complexity index is 998. The van der Waals surface area contributed by atoms with Gasteiger partial charge in [-0.3, -0.25) is 9.69 Å². The van der Waals surface area contributed by atoms with E-state index < -0.39 is 17.7 Å². The molecule has 4 N–H and O–H groups in total. The Kier molecular flexibility index (Phi) is 9.67. The molecule has 1 aliphatic rings. The molecule has 1 saturated heterocycles. The van der Waals surface area contributed by atoms with Crippen LogP contribution in [0.15, 0.2) is 77.4 Å². The monoisotopic (exact) mass is 465 g/mol. The number of likely N-dealkylation sites (N-methyl/N-ethyl adjacent to an activating group) is 1. The van der Waals surface area contributed by atoms with E-state index in [9.17, 15) is 9.59 Å². The number of amidine groups is 1. The Morgan fingerprint density at radius 3 is 2.21 bits per heavy atom. The number of piperidine rings is 1. The van der Waals surface area contributed by atoms with Gasteiger partial charge in [-0.05, 0) is 52.0 Å². The molecule has 2 aromatic carbocycles. The fraction of sp³-hybridized carbons (Fsp3) is 0.346. The Morgan fingerprint density at radius 2 is 1.74 bits per heavy atom. The molecule has 1 atom stereocenters. The number of likely N-dealkylation sites (tertiary alicyclic amines) is 1. The number of carbonyl (C=O) groups excluding carboxylic acids is 2. The lowest BCUT2D eigenvalue weighted by atomic mass is 9.98. The molecule has 0 radical (unpaired) electrons. The number of para-hydroxylation sites is 2. The summed E-state index contributed by atoms with van der Waals surface area (Å²) in [6, 6.07) is 18.7. The van der Waals surface area contributed by atoms with E-state index in [0.717, 1.165) is 11.4 Å². The summed E-state index contributed by atoms with van der Waals surface area (Å²) in [5.74, 6) is 0.270. The highest BCUT2D eigenvalue weighted by atomic mass is 16.6. The van der Waals surface area contributed by atoms with Crippen molar-refractivity contribution in [2.45, 2.75) is 45.8 Å². The number of amides is 2. The minimum Gasteiger partial charge on any atom is -0.444 e. The standard InChI is InChI=1S/C19H26N4O3.C7H9N/c1-5-23-16(21-14-9-7-6-8-10-14)13(12-20)11-15(17(23)24)22-18(25)26-19(2,3)4;1-8-7-5-3-2-4-6-7/h6-10,12,15H,5,11,20H2,1-4H3,(H,22,25);2-6,8H,1H3/b13-12-,21-16?;. The van der Waals surface area contributed by atoms with E-state index in [0.29, 0.717) is 18.0 Å². The van der Waals surface area contributed by atoms with E-state index in [4.69, 9.17) is 10.5 Å². The lowest BCUT2D eigenvalue weighted by Gasteiger charge is -2.34. The van der Waals surface area contributed by atoms with Gasteiger partial charge in [0.2, 0.25) is 0 Å². The number of benzene rings is 2. The fourth-order valence-electron chi connectivity index (χ4n) is 3.24. The van der Waals surface area contributed by atoms with Crippen LogP contribution in [0, 0.1) is 0 Å². The summed E-state index contributed by atoms with van der Waals surface area (Å²) in [5, 5.41) is 5.66. The van der Waals surface area contributed by atoms with Gasteiger partial charge in [0.1, 0.15) is 17.5 Å². The smallest absolute Gasteiger partial charge is 0.408 e. The van der Waals surface area contributed by atoms with E-state index in [1.807, 2.05) is 74.6 Å². The number of nitrogens with one attached hydrogen (secondary N) is 2. The molecule has 0 aliphatic carbocycles. The first-order chi connectivity index (χ1) is 16.2.